The van der Waals surface area contributed by atoms with E-state index in [1.54, 1.807) is 0 Å². The smallest absolute Gasteiger partial charge is 0.364 e. The fourth-order valence-corrected chi connectivity index (χ4v) is 3.13. The molecule has 0 aromatic heterocycles. The molecule has 3 amide bonds. The lowest BCUT2D eigenvalue weighted by Gasteiger charge is -2.28. The van der Waals surface area contributed by atoms with Crippen LogP contribution < -0.4 is 4.90 Å². The maximum atomic E-state index is 14.6. The standard InChI is InChI=1S/C20H14F6N2O3S/c1-3-9-27(18(29)17-13(21)5-4-6-14(17)22)19(30)28(11-31-2)16-8-7-12(10-15(16)23)32-20(24,25)26/h1,4-8,10H,9,11H2,2H3. The zero-order valence-corrected chi connectivity index (χ0v) is 17.1. The van der Waals surface area contributed by atoms with E-state index in [1.165, 1.54) is 0 Å². The third-order valence-electron chi connectivity index (χ3n) is 3.83. The van der Waals surface area contributed by atoms with Gasteiger partial charge in [0.25, 0.3) is 5.91 Å². The third kappa shape index (κ3) is 5.95. The molecule has 0 aliphatic heterocycles. The third-order valence-corrected chi connectivity index (χ3v) is 4.56. The first-order valence-corrected chi connectivity index (χ1v) is 9.36. The Morgan fingerprint density at radius 2 is 1.72 bits per heavy atom. The minimum atomic E-state index is -4.67. The highest BCUT2D eigenvalue weighted by Crippen LogP contribution is 2.38. The molecule has 0 N–H and O–H groups in total. The van der Waals surface area contributed by atoms with Crippen LogP contribution >= 0.6 is 11.8 Å². The van der Waals surface area contributed by atoms with Gasteiger partial charge in [0.15, 0.2) is 0 Å². The maximum absolute atomic E-state index is 14.6. The van der Waals surface area contributed by atoms with E-state index in [9.17, 15) is 35.9 Å². The Bertz CT molecular complexity index is 1030. The first-order chi connectivity index (χ1) is 15.0. The molecule has 170 valence electrons. The molecule has 0 bridgehead atoms. The predicted octanol–water partition coefficient (Wildman–Crippen LogP) is 5.02. The van der Waals surface area contributed by atoms with Crippen LogP contribution in [0, 0.1) is 29.8 Å². The molecule has 2 aromatic carbocycles. The number of terminal acetylenes is 1. The summed E-state index contributed by atoms with van der Waals surface area (Å²) in [6, 6.07) is 3.57. The number of imide groups is 1. The normalized spacial score (nSPS) is 11.1. The number of amides is 3. The molecule has 0 radical (unpaired) electrons. The average Bonchev–Trinajstić information content (AvgIpc) is 2.69. The Labute approximate surface area is 182 Å². The van der Waals surface area contributed by atoms with Crippen molar-refractivity contribution in [3.8, 4) is 12.3 Å². The number of carbonyl (C=O) groups excluding carboxylic acids is 2. The van der Waals surface area contributed by atoms with Crippen LogP contribution in [0.2, 0.25) is 0 Å². The molecule has 5 nitrogen and oxygen atoms in total. The second-order valence-electron chi connectivity index (χ2n) is 5.98. The van der Waals surface area contributed by atoms with Crippen LogP contribution in [-0.2, 0) is 4.74 Å². The van der Waals surface area contributed by atoms with Crippen molar-refractivity contribution in [2.45, 2.75) is 10.4 Å². The van der Waals surface area contributed by atoms with E-state index in [0.717, 1.165) is 37.4 Å². The van der Waals surface area contributed by atoms with Crippen LogP contribution in [0.1, 0.15) is 10.4 Å². The lowest BCUT2D eigenvalue weighted by atomic mass is 10.1. The number of alkyl halides is 3. The molecule has 0 fully saturated rings. The number of thioether (sulfide) groups is 1. The fraction of sp³-hybridized carbons (Fsp3) is 0.200. The Kier molecular flexibility index (Phi) is 8.18. The zero-order chi connectivity index (χ0) is 24.1. The van der Waals surface area contributed by atoms with Crippen LogP contribution in [0.4, 0.5) is 36.8 Å². The highest BCUT2D eigenvalue weighted by Gasteiger charge is 2.33. The predicted molar refractivity (Wildman–Crippen MR) is 104 cm³/mol. The van der Waals surface area contributed by atoms with E-state index in [1.807, 2.05) is 5.92 Å². The summed E-state index contributed by atoms with van der Waals surface area (Å²) in [6.45, 7) is -1.40. The fourth-order valence-electron chi connectivity index (χ4n) is 2.56. The van der Waals surface area contributed by atoms with Gasteiger partial charge in [-0.2, -0.15) is 13.2 Å². The molecule has 0 saturated heterocycles. The van der Waals surface area contributed by atoms with Gasteiger partial charge in [-0.15, -0.1) is 6.42 Å². The van der Waals surface area contributed by atoms with Gasteiger partial charge in [0.2, 0.25) is 0 Å². The number of rotatable bonds is 6. The van der Waals surface area contributed by atoms with Crippen molar-refractivity contribution >= 4 is 29.4 Å². The van der Waals surface area contributed by atoms with E-state index >= 15 is 0 Å². The van der Waals surface area contributed by atoms with Crippen molar-refractivity contribution < 1.29 is 40.7 Å². The number of halogens is 6. The molecule has 2 aromatic rings. The quantitative estimate of drug-likeness (QED) is 0.254. The number of methoxy groups -OCH3 is 1. The maximum Gasteiger partial charge on any atom is 0.446 e. The lowest BCUT2D eigenvalue weighted by Crippen LogP contribution is -2.48. The molecular weight excluding hydrogens is 462 g/mol. The molecule has 0 aliphatic rings. The first-order valence-electron chi connectivity index (χ1n) is 8.55. The summed E-state index contributed by atoms with van der Waals surface area (Å²) in [5.74, 6) is -3.21. The number of nitrogens with zero attached hydrogens (tertiary/aromatic N) is 2. The van der Waals surface area contributed by atoms with E-state index in [4.69, 9.17) is 11.2 Å². The van der Waals surface area contributed by atoms with Gasteiger partial charge >= 0.3 is 11.5 Å². The molecule has 0 heterocycles. The van der Waals surface area contributed by atoms with Crippen molar-refractivity contribution in [3.05, 3.63) is 59.4 Å². The van der Waals surface area contributed by atoms with E-state index in [0.29, 0.717) is 11.0 Å². The SMILES string of the molecule is C#CCN(C(=O)c1c(F)cccc1F)C(=O)N(COC)c1ccc(SC(F)(F)F)cc1F. The van der Waals surface area contributed by atoms with Gasteiger partial charge in [-0.25, -0.2) is 22.9 Å². The summed E-state index contributed by atoms with van der Waals surface area (Å²) < 4.78 is 85.0. The average molecular weight is 476 g/mol. The second-order valence-corrected chi connectivity index (χ2v) is 7.12. The molecule has 0 unspecified atom stereocenters. The van der Waals surface area contributed by atoms with E-state index < -0.39 is 76.1 Å². The van der Waals surface area contributed by atoms with Crippen molar-refractivity contribution in [1.82, 2.24) is 4.90 Å². The molecule has 0 aliphatic carbocycles. The largest absolute Gasteiger partial charge is 0.446 e. The number of hydrogen-bond acceptors (Lipinski definition) is 4. The van der Waals surface area contributed by atoms with Gasteiger partial charge in [-0.3, -0.25) is 9.69 Å². The topological polar surface area (TPSA) is 49.9 Å². The molecule has 0 spiro atoms. The number of ether oxygens (including phenoxy) is 1. The summed E-state index contributed by atoms with van der Waals surface area (Å²) in [7, 11) is 1.12. The molecule has 32 heavy (non-hydrogen) atoms. The molecule has 2 rings (SSSR count). The number of urea groups is 1. The Morgan fingerprint density at radius 1 is 1.09 bits per heavy atom. The Hall–Kier alpha value is -3.17. The first kappa shape index (κ1) is 25.1. The van der Waals surface area contributed by atoms with Crippen molar-refractivity contribution in [2.75, 3.05) is 25.3 Å². The van der Waals surface area contributed by atoms with Crippen molar-refractivity contribution in [1.29, 1.82) is 0 Å². The molecule has 12 heteroatoms. The molecule has 0 atom stereocenters. The number of benzene rings is 2. The van der Waals surface area contributed by atoms with E-state index in [-0.39, 0.29) is 4.90 Å². The number of anilines is 1. The van der Waals surface area contributed by atoms with Crippen molar-refractivity contribution in [3.63, 3.8) is 0 Å². The van der Waals surface area contributed by atoms with Gasteiger partial charge in [0.05, 0.1) is 12.2 Å². The second kappa shape index (κ2) is 10.4. The lowest BCUT2D eigenvalue weighted by molar-refractivity contribution is -0.0328. The Balaban J connectivity index is 2.46. The van der Waals surface area contributed by atoms with Gasteiger partial charge in [-0.05, 0) is 42.1 Å². The summed E-state index contributed by atoms with van der Waals surface area (Å²) in [6.07, 6.45) is 5.16. The van der Waals surface area contributed by atoms with Crippen LogP contribution in [0.15, 0.2) is 41.3 Å². The van der Waals surface area contributed by atoms with Crippen LogP contribution in [0.3, 0.4) is 0 Å². The van der Waals surface area contributed by atoms with Crippen LogP contribution in [0.25, 0.3) is 0 Å². The van der Waals surface area contributed by atoms with Gasteiger partial charge in [0.1, 0.15) is 29.7 Å². The molecular formula is C20H14F6N2O3S. The zero-order valence-electron chi connectivity index (χ0n) is 16.3. The monoisotopic (exact) mass is 476 g/mol. The minimum Gasteiger partial charge on any atom is -0.364 e. The number of hydrogen-bond donors (Lipinski definition) is 0. The van der Waals surface area contributed by atoms with Gasteiger partial charge in [-0.1, -0.05) is 12.0 Å². The minimum absolute atomic E-state index is 0.276. The van der Waals surface area contributed by atoms with Crippen molar-refractivity contribution in [2.24, 2.45) is 0 Å². The summed E-state index contributed by atoms with van der Waals surface area (Å²) in [4.78, 5) is 26.0. The van der Waals surface area contributed by atoms with E-state index in [2.05, 4.69) is 0 Å². The molecule has 0 saturated carbocycles. The summed E-state index contributed by atoms with van der Waals surface area (Å²) in [5, 5.41) is 0. The summed E-state index contributed by atoms with van der Waals surface area (Å²) >= 11 is -0.572. The Morgan fingerprint density at radius 3 is 2.22 bits per heavy atom. The van der Waals surface area contributed by atoms with Gasteiger partial charge < -0.3 is 4.74 Å². The van der Waals surface area contributed by atoms with Crippen LogP contribution in [-0.4, -0.2) is 42.7 Å². The van der Waals surface area contributed by atoms with Crippen LogP contribution in [0.5, 0.6) is 0 Å². The highest BCUT2D eigenvalue weighted by molar-refractivity contribution is 8.00. The van der Waals surface area contributed by atoms with Gasteiger partial charge in [0, 0.05) is 12.0 Å². The summed E-state index contributed by atoms with van der Waals surface area (Å²) in [5.41, 5.74) is -6.28. The highest BCUT2D eigenvalue weighted by atomic mass is 32.2. The number of carbonyl (C=O) groups is 2.